The average molecular weight is 730 g/mol. The van der Waals surface area contributed by atoms with E-state index in [1.54, 1.807) is 0 Å². The Morgan fingerprint density at radius 3 is 2.02 bits per heavy atom. The molecule has 0 unspecified atom stereocenters. The molecule has 4 heterocycles. The molecule has 0 saturated carbocycles. The molecule has 0 saturated heterocycles. The predicted molar refractivity (Wildman–Crippen MR) is 228 cm³/mol. The summed E-state index contributed by atoms with van der Waals surface area (Å²) in [6.45, 7) is 11.1. The predicted octanol–water partition coefficient (Wildman–Crippen LogP) is 12.3. The molecule has 0 amide bonds. The Kier molecular flexibility index (Phi) is 7.79. The minimum atomic E-state index is -0.577. The number of aryl methyl sites for hydroxylation is 1. The molecule has 0 radical (unpaired) electrons. The Morgan fingerprint density at radius 2 is 1.30 bits per heavy atom. The highest BCUT2D eigenvalue weighted by atomic mass is 16.5. The van der Waals surface area contributed by atoms with E-state index >= 15 is 0 Å². The summed E-state index contributed by atoms with van der Waals surface area (Å²) < 4.78 is 16.2. The zero-order valence-electron chi connectivity index (χ0n) is 32.3. The highest BCUT2D eigenvalue weighted by Gasteiger charge is 2.45. The van der Waals surface area contributed by atoms with Gasteiger partial charge in [0.05, 0.1) is 11.2 Å². The summed E-state index contributed by atoms with van der Waals surface area (Å²) in [5.41, 5.74) is 11.5. The fraction of sp³-hybridized carbons (Fsp3) is 0.176. The summed E-state index contributed by atoms with van der Waals surface area (Å²) in [6, 6.07) is 53.3. The van der Waals surface area contributed by atoms with Gasteiger partial charge in [-0.15, -0.1) is 0 Å². The van der Waals surface area contributed by atoms with Crippen LogP contribution in [-0.2, 0) is 10.2 Å². The van der Waals surface area contributed by atoms with Crippen LogP contribution in [0.4, 0.5) is 0 Å². The van der Waals surface area contributed by atoms with Gasteiger partial charge < -0.3 is 9.47 Å². The van der Waals surface area contributed by atoms with Gasteiger partial charge in [-0.3, -0.25) is 4.57 Å². The van der Waals surface area contributed by atoms with E-state index in [1.807, 2.05) is 18.3 Å². The normalized spacial score (nSPS) is 16.5. The van der Waals surface area contributed by atoms with Crippen molar-refractivity contribution in [1.29, 1.82) is 0 Å². The summed E-state index contributed by atoms with van der Waals surface area (Å²) in [5, 5.41) is 2.37. The quantitative estimate of drug-likeness (QED) is 0.164. The van der Waals surface area contributed by atoms with Gasteiger partial charge in [-0.05, 0) is 96.1 Å². The average Bonchev–Trinajstić information content (AvgIpc) is 3.73. The van der Waals surface area contributed by atoms with E-state index in [4.69, 9.17) is 19.5 Å². The number of benzene rings is 6. The van der Waals surface area contributed by atoms with Crippen LogP contribution in [-0.4, -0.2) is 27.1 Å². The van der Waals surface area contributed by atoms with E-state index in [2.05, 4.69) is 179 Å². The first-order valence-corrected chi connectivity index (χ1v) is 19.5. The fourth-order valence-corrected chi connectivity index (χ4v) is 9.06. The maximum absolute atomic E-state index is 7.00. The maximum Gasteiger partial charge on any atom is 0.217 e. The number of aromatic nitrogens is 2. The minimum absolute atomic E-state index is 0.0103. The molecule has 0 N–H and O–H groups in total. The molecule has 2 aromatic heterocycles. The van der Waals surface area contributed by atoms with E-state index in [0.717, 1.165) is 50.5 Å². The Hall–Kier alpha value is -6.46. The summed E-state index contributed by atoms with van der Waals surface area (Å²) in [6.07, 6.45) is 1.88. The molecule has 10 rings (SSSR count). The van der Waals surface area contributed by atoms with Crippen LogP contribution < -0.4 is 4.74 Å². The lowest BCUT2D eigenvalue weighted by Gasteiger charge is -2.35. The van der Waals surface area contributed by atoms with Gasteiger partial charge in [0, 0.05) is 39.9 Å². The third-order valence-electron chi connectivity index (χ3n) is 11.9. The van der Waals surface area contributed by atoms with E-state index < -0.39 is 5.60 Å². The van der Waals surface area contributed by atoms with Crippen molar-refractivity contribution < 1.29 is 9.47 Å². The largest absolute Gasteiger partial charge is 0.469 e. The standard InChI is InChI=1S/C51H43N3O2/c1-32-27-42-43(54-46-39(40-24-16-26-52-48(40)54)23-15-25-41(46)50(42,2)3)31-44(32)55-38-29-36(33-17-9-6-10-18-33)28-37(30-38)49-53-47(51(4,5)56-49)45(34-19-11-7-12-20-34)35-21-13-8-14-22-35/h6-31,45,47H,1-5H3/t47-/m1/s1. The van der Waals surface area contributed by atoms with Crippen molar-refractivity contribution >= 4 is 27.8 Å². The molecule has 274 valence electrons. The van der Waals surface area contributed by atoms with Gasteiger partial charge >= 0.3 is 0 Å². The lowest BCUT2D eigenvalue weighted by atomic mass is 9.74. The van der Waals surface area contributed by atoms with Crippen molar-refractivity contribution in [2.75, 3.05) is 0 Å². The van der Waals surface area contributed by atoms with E-state index in [9.17, 15) is 0 Å². The zero-order chi connectivity index (χ0) is 38.2. The van der Waals surface area contributed by atoms with Crippen molar-refractivity contribution in [2.45, 2.75) is 57.6 Å². The number of rotatable bonds is 7. The molecule has 2 aliphatic rings. The van der Waals surface area contributed by atoms with Gasteiger partial charge in [0.15, 0.2) is 0 Å². The molecule has 5 heteroatoms. The zero-order valence-corrected chi connectivity index (χ0v) is 32.3. The van der Waals surface area contributed by atoms with Crippen LogP contribution in [0.25, 0.3) is 38.8 Å². The second-order valence-corrected chi connectivity index (χ2v) is 16.3. The first-order chi connectivity index (χ1) is 27.2. The van der Waals surface area contributed by atoms with E-state index in [-0.39, 0.29) is 17.4 Å². The third kappa shape index (κ3) is 5.44. The van der Waals surface area contributed by atoms with Gasteiger partial charge in [-0.25, -0.2) is 9.98 Å². The smallest absolute Gasteiger partial charge is 0.217 e. The summed E-state index contributed by atoms with van der Waals surface area (Å²) in [7, 11) is 0. The van der Waals surface area contributed by atoms with E-state index in [1.165, 1.54) is 33.2 Å². The number of aliphatic imine (C=N–C) groups is 1. The van der Waals surface area contributed by atoms with E-state index in [0.29, 0.717) is 5.90 Å². The molecule has 0 spiro atoms. The van der Waals surface area contributed by atoms with Crippen molar-refractivity contribution in [3.05, 3.63) is 191 Å². The number of hydrogen-bond acceptors (Lipinski definition) is 4. The monoisotopic (exact) mass is 729 g/mol. The van der Waals surface area contributed by atoms with Gasteiger partial charge in [-0.2, -0.15) is 0 Å². The molecule has 2 aliphatic heterocycles. The van der Waals surface area contributed by atoms with Crippen LogP contribution in [0.5, 0.6) is 11.5 Å². The van der Waals surface area contributed by atoms with Crippen LogP contribution in [0.2, 0.25) is 0 Å². The van der Waals surface area contributed by atoms with Crippen molar-refractivity contribution in [3.63, 3.8) is 0 Å². The van der Waals surface area contributed by atoms with Crippen LogP contribution in [0, 0.1) is 6.92 Å². The second-order valence-electron chi connectivity index (χ2n) is 16.3. The SMILES string of the molecule is Cc1cc2c(cc1Oc1cc(C3=N[C@H](C(c4ccccc4)c4ccccc4)C(C)(C)O3)cc(-c3ccccc3)c1)-n1c3ncccc3c3cccc(c31)C2(C)C. The Morgan fingerprint density at radius 1 is 0.643 bits per heavy atom. The molecule has 6 aromatic carbocycles. The number of hydrogen-bond donors (Lipinski definition) is 0. The highest BCUT2D eigenvalue weighted by molar-refractivity contribution is 6.10. The first kappa shape index (κ1) is 34.1. The minimum Gasteiger partial charge on any atom is -0.469 e. The van der Waals surface area contributed by atoms with Crippen molar-refractivity contribution in [3.8, 4) is 28.3 Å². The lowest BCUT2D eigenvalue weighted by molar-refractivity contribution is 0.0916. The highest BCUT2D eigenvalue weighted by Crippen LogP contribution is 2.49. The van der Waals surface area contributed by atoms with Crippen LogP contribution in [0.3, 0.4) is 0 Å². The van der Waals surface area contributed by atoms with Crippen LogP contribution >= 0.6 is 0 Å². The van der Waals surface area contributed by atoms with Crippen LogP contribution in [0.15, 0.2) is 163 Å². The number of nitrogens with zero attached hydrogens (tertiary/aromatic N) is 3. The Labute approximate surface area is 327 Å². The molecule has 56 heavy (non-hydrogen) atoms. The van der Waals surface area contributed by atoms with Gasteiger partial charge in [0.2, 0.25) is 5.90 Å². The van der Waals surface area contributed by atoms with Crippen molar-refractivity contribution in [1.82, 2.24) is 9.55 Å². The number of para-hydroxylation sites is 1. The Balaban J connectivity index is 1.11. The number of ether oxygens (including phenoxy) is 2. The lowest BCUT2D eigenvalue weighted by Crippen LogP contribution is -2.38. The molecular formula is C51H43N3O2. The van der Waals surface area contributed by atoms with Crippen LogP contribution in [0.1, 0.15) is 67.0 Å². The molecule has 8 aromatic rings. The molecule has 0 bridgehead atoms. The van der Waals surface area contributed by atoms with Gasteiger partial charge in [0.25, 0.3) is 0 Å². The molecular weight excluding hydrogens is 687 g/mol. The van der Waals surface area contributed by atoms with Crippen molar-refractivity contribution in [2.24, 2.45) is 4.99 Å². The topological polar surface area (TPSA) is 48.6 Å². The molecule has 5 nitrogen and oxygen atoms in total. The third-order valence-corrected chi connectivity index (χ3v) is 11.9. The first-order valence-electron chi connectivity index (χ1n) is 19.5. The summed E-state index contributed by atoms with van der Waals surface area (Å²) in [4.78, 5) is 10.3. The van der Waals surface area contributed by atoms with Gasteiger partial charge in [0.1, 0.15) is 28.8 Å². The summed E-state index contributed by atoms with van der Waals surface area (Å²) in [5.74, 6) is 2.14. The molecule has 1 atom stereocenters. The fourth-order valence-electron chi connectivity index (χ4n) is 9.06. The number of fused-ring (bicyclic) bond motifs is 5. The Bertz CT molecular complexity index is 2780. The summed E-state index contributed by atoms with van der Waals surface area (Å²) >= 11 is 0. The number of pyridine rings is 1. The maximum atomic E-state index is 7.00. The molecule has 0 fully saturated rings. The van der Waals surface area contributed by atoms with Gasteiger partial charge in [-0.1, -0.05) is 123 Å². The molecule has 0 aliphatic carbocycles. The second kappa shape index (κ2) is 12.8.